The van der Waals surface area contributed by atoms with Crippen LogP contribution in [0, 0.1) is 12.7 Å². The second kappa shape index (κ2) is 3.04. The monoisotopic (exact) mass is 195 g/mol. The predicted molar refractivity (Wildman–Crippen MR) is 47.5 cm³/mol. The maximum atomic E-state index is 13.5. The molecule has 7 heteroatoms. The summed E-state index contributed by atoms with van der Waals surface area (Å²) >= 11 is 0. The number of halogens is 1. The van der Waals surface area contributed by atoms with E-state index in [-0.39, 0.29) is 11.1 Å². The van der Waals surface area contributed by atoms with Gasteiger partial charge in [-0.05, 0) is 13.0 Å². The molecule has 0 radical (unpaired) electrons. The Hall–Kier alpha value is -1.47. The van der Waals surface area contributed by atoms with Crippen LogP contribution in [-0.4, -0.2) is 31.8 Å². The second-order valence-electron chi connectivity index (χ2n) is 2.90. The molecule has 2 heterocycles. The Balaban J connectivity index is 2.76. The summed E-state index contributed by atoms with van der Waals surface area (Å²) in [4.78, 5) is 0. The largest absolute Gasteiger partial charge is 0.491 e. The van der Waals surface area contributed by atoms with Crippen LogP contribution in [0.2, 0.25) is 0 Å². The van der Waals surface area contributed by atoms with Crippen molar-refractivity contribution >= 4 is 18.2 Å². The number of hydrogen-bond donors (Lipinski definition) is 2. The van der Waals surface area contributed by atoms with Gasteiger partial charge in [0.25, 0.3) is 0 Å². The lowest BCUT2D eigenvalue weighted by atomic mass is 9.80. The number of aryl methyl sites for hydroxylation is 1. The zero-order valence-corrected chi connectivity index (χ0v) is 7.35. The Labute approximate surface area is 79.0 Å². The van der Waals surface area contributed by atoms with Crippen LogP contribution in [-0.2, 0) is 0 Å². The Morgan fingerprint density at radius 2 is 2.14 bits per heavy atom. The minimum atomic E-state index is -1.84. The Morgan fingerprint density at radius 1 is 1.43 bits per heavy atom. The molecule has 2 aromatic heterocycles. The van der Waals surface area contributed by atoms with E-state index in [2.05, 4.69) is 10.2 Å². The van der Waals surface area contributed by atoms with Crippen LogP contribution in [0.1, 0.15) is 5.82 Å². The molecule has 0 aliphatic carbocycles. The first-order valence-corrected chi connectivity index (χ1v) is 3.97. The molecule has 14 heavy (non-hydrogen) atoms. The minimum Gasteiger partial charge on any atom is -0.423 e. The van der Waals surface area contributed by atoms with Crippen molar-refractivity contribution in [2.45, 2.75) is 6.92 Å². The van der Waals surface area contributed by atoms with Crippen molar-refractivity contribution in [1.29, 1.82) is 0 Å². The molecule has 0 amide bonds. The SMILES string of the molecule is Cc1nnc2c(F)c(B(O)O)ccn12. The molecule has 2 N–H and O–H groups in total. The summed E-state index contributed by atoms with van der Waals surface area (Å²) < 4.78 is 14.9. The third-order valence-corrected chi connectivity index (χ3v) is 2.00. The summed E-state index contributed by atoms with van der Waals surface area (Å²) in [6.07, 6.45) is 1.49. The first kappa shape index (κ1) is 9.10. The van der Waals surface area contributed by atoms with Crippen molar-refractivity contribution in [3.05, 3.63) is 23.9 Å². The zero-order chi connectivity index (χ0) is 10.3. The van der Waals surface area contributed by atoms with Gasteiger partial charge >= 0.3 is 7.12 Å². The van der Waals surface area contributed by atoms with Crippen LogP contribution >= 0.6 is 0 Å². The normalized spacial score (nSPS) is 10.9. The Morgan fingerprint density at radius 3 is 2.79 bits per heavy atom. The maximum Gasteiger partial charge on any atom is 0.491 e. The van der Waals surface area contributed by atoms with Crippen molar-refractivity contribution in [2.75, 3.05) is 0 Å². The van der Waals surface area contributed by atoms with Gasteiger partial charge in [0.2, 0.25) is 0 Å². The van der Waals surface area contributed by atoms with Gasteiger partial charge in [0.1, 0.15) is 5.82 Å². The third-order valence-electron chi connectivity index (χ3n) is 2.00. The van der Waals surface area contributed by atoms with E-state index in [1.165, 1.54) is 16.7 Å². The van der Waals surface area contributed by atoms with Crippen LogP contribution in [0.3, 0.4) is 0 Å². The van der Waals surface area contributed by atoms with Gasteiger partial charge < -0.3 is 10.0 Å². The number of rotatable bonds is 1. The molecule has 0 saturated carbocycles. The molecule has 0 spiro atoms. The van der Waals surface area contributed by atoms with Gasteiger partial charge in [-0.15, -0.1) is 10.2 Å². The van der Waals surface area contributed by atoms with E-state index in [0.717, 1.165) is 0 Å². The Kier molecular flexibility index (Phi) is 1.97. The molecule has 72 valence electrons. The van der Waals surface area contributed by atoms with Crippen LogP contribution < -0.4 is 5.46 Å². The Bertz CT molecular complexity index is 485. The standard InChI is InChI=1S/C7H7BFN3O2/c1-4-10-11-7-6(9)5(8(13)14)2-3-12(4)7/h2-3,13-14H,1H3. The second-order valence-corrected chi connectivity index (χ2v) is 2.90. The average Bonchev–Trinajstić information content (AvgIpc) is 2.49. The van der Waals surface area contributed by atoms with Crippen LogP contribution in [0.4, 0.5) is 4.39 Å². The van der Waals surface area contributed by atoms with Crippen molar-refractivity contribution in [1.82, 2.24) is 14.6 Å². The van der Waals surface area contributed by atoms with E-state index in [1.54, 1.807) is 6.92 Å². The predicted octanol–water partition coefficient (Wildman–Crippen LogP) is -1.14. The fraction of sp³-hybridized carbons (Fsp3) is 0.143. The lowest BCUT2D eigenvalue weighted by Gasteiger charge is -2.02. The van der Waals surface area contributed by atoms with Gasteiger partial charge in [0.15, 0.2) is 11.5 Å². The van der Waals surface area contributed by atoms with Gasteiger partial charge in [-0.25, -0.2) is 4.39 Å². The molecule has 0 atom stereocenters. The van der Waals surface area contributed by atoms with E-state index in [9.17, 15) is 4.39 Å². The molecule has 0 aromatic carbocycles. The van der Waals surface area contributed by atoms with E-state index in [1.807, 2.05) is 0 Å². The van der Waals surface area contributed by atoms with E-state index >= 15 is 0 Å². The lowest BCUT2D eigenvalue weighted by molar-refractivity contribution is 0.423. The topological polar surface area (TPSA) is 70.7 Å². The highest BCUT2D eigenvalue weighted by Crippen LogP contribution is 2.05. The molecular formula is C7H7BFN3O2. The first-order chi connectivity index (χ1) is 6.61. The molecule has 2 rings (SSSR count). The van der Waals surface area contributed by atoms with Crippen molar-refractivity contribution in [2.24, 2.45) is 0 Å². The number of pyridine rings is 1. The van der Waals surface area contributed by atoms with Crippen LogP contribution in [0.15, 0.2) is 12.3 Å². The van der Waals surface area contributed by atoms with Crippen molar-refractivity contribution in [3.8, 4) is 0 Å². The van der Waals surface area contributed by atoms with Gasteiger partial charge in [0, 0.05) is 11.7 Å². The minimum absolute atomic E-state index is 0.00639. The molecule has 0 unspecified atom stereocenters. The van der Waals surface area contributed by atoms with Gasteiger partial charge in [-0.3, -0.25) is 4.40 Å². The van der Waals surface area contributed by atoms with E-state index in [0.29, 0.717) is 5.82 Å². The van der Waals surface area contributed by atoms with Gasteiger partial charge in [-0.1, -0.05) is 0 Å². The average molecular weight is 195 g/mol. The van der Waals surface area contributed by atoms with E-state index < -0.39 is 12.9 Å². The fourth-order valence-corrected chi connectivity index (χ4v) is 1.25. The third kappa shape index (κ3) is 1.18. The summed E-state index contributed by atoms with van der Waals surface area (Å²) in [5, 5.41) is 24.9. The van der Waals surface area contributed by atoms with E-state index in [4.69, 9.17) is 10.0 Å². The summed E-state index contributed by atoms with van der Waals surface area (Å²) in [6, 6.07) is 1.28. The molecule has 0 aliphatic heterocycles. The molecule has 0 aliphatic rings. The van der Waals surface area contributed by atoms with Crippen LogP contribution in [0.25, 0.3) is 5.65 Å². The zero-order valence-electron chi connectivity index (χ0n) is 7.35. The maximum absolute atomic E-state index is 13.5. The highest BCUT2D eigenvalue weighted by atomic mass is 19.1. The number of aromatic nitrogens is 3. The fourth-order valence-electron chi connectivity index (χ4n) is 1.25. The number of fused-ring (bicyclic) bond motifs is 1. The summed E-state index contributed by atoms with van der Waals surface area (Å²) in [6.45, 7) is 1.68. The molecule has 0 fully saturated rings. The van der Waals surface area contributed by atoms with Crippen molar-refractivity contribution < 1.29 is 14.4 Å². The first-order valence-electron chi connectivity index (χ1n) is 3.97. The van der Waals surface area contributed by atoms with Gasteiger partial charge in [0.05, 0.1) is 0 Å². The summed E-state index contributed by atoms with van der Waals surface area (Å²) in [7, 11) is -1.84. The quantitative estimate of drug-likeness (QED) is 0.564. The van der Waals surface area contributed by atoms with Crippen molar-refractivity contribution in [3.63, 3.8) is 0 Å². The van der Waals surface area contributed by atoms with Gasteiger partial charge in [-0.2, -0.15) is 0 Å². The number of hydrogen-bond acceptors (Lipinski definition) is 4. The summed E-state index contributed by atoms with van der Waals surface area (Å²) in [5.74, 6) is -0.221. The molecule has 0 bridgehead atoms. The molecular weight excluding hydrogens is 188 g/mol. The summed E-state index contributed by atoms with van der Waals surface area (Å²) in [5.41, 5.74) is -0.210. The highest BCUT2D eigenvalue weighted by molar-refractivity contribution is 6.58. The molecule has 2 aromatic rings. The number of nitrogens with zero attached hydrogens (tertiary/aromatic N) is 3. The molecule has 5 nitrogen and oxygen atoms in total. The smallest absolute Gasteiger partial charge is 0.423 e. The lowest BCUT2D eigenvalue weighted by Crippen LogP contribution is -2.33. The molecule has 0 saturated heterocycles. The highest BCUT2D eigenvalue weighted by Gasteiger charge is 2.20. The van der Waals surface area contributed by atoms with Crippen LogP contribution in [0.5, 0.6) is 0 Å².